The number of ether oxygens (including phenoxy) is 1. The van der Waals surface area contributed by atoms with Crippen molar-refractivity contribution in [3.8, 4) is 0 Å². The summed E-state index contributed by atoms with van der Waals surface area (Å²) in [5.74, 6) is -0.191. The van der Waals surface area contributed by atoms with Crippen molar-refractivity contribution in [1.29, 1.82) is 0 Å². The molecule has 3 aromatic rings. The van der Waals surface area contributed by atoms with E-state index in [0.29, 0.717) is 6.42 Å². The van der Waals surface area contributed by atoms with Gasteiger partial charge in [-0.2, -0.15) is 0 Å². The van der Waals surface area contributed by atoms with Crippen LogP contribution in [0.2, 0.25) is 0 Å². The second-order valence-electron chi connectivity index (χ2n) is 6.16. The summed E-state index contributed by atoms with van der Waals surface area (Å²) in [6.07, 6.45) is 3.34. The second kappa shape index (κ2) is 6.32. The van der Waals surface area contributed by atoms with Crippen LogP contribution in [-0.4, -0.2) is 12.1 Å². The lowest BCUT2D eigenvalue weighted by atomic mass is 9.99. The van der Waals surface area contributed by atoms with Gasteiger partial charge in [0.15, 0.2) is 0 Å². The van der Waals surface area contributed by atoms with Crippen LogP contribution in [0.3, 0.4) is 0 Å². The monoisotopic (exact) mass is 314 g/mol. The van der Waals surface area contributed by atoms with Gasteiger partial charge < -0.3 is 4.74 Å². The van der Waals surface area contributed by atoms with E-state index in [0.717, 1.165) is 22.9 Å². The molecule has 1 aliphatic rings. The molecule has 0 N–H and O–H groups in total. The minimum atomic E-state index is -0.191. The lowest BCUT2D eigenvalue weighted by Gasteiger charge is -2.07. The maximum Gasteiger partial charge on any atom is 0.334 e. The molecule has 2 nitrogen and oxygen atoms in total. The van der Waals surface area contributed by atoms with E-state index in [4.69, 9.17) is 4.74 Å². The van der Waals surface area contributed by atoms with Gasteiger partial charge in [0.05, 0.1) is 0 Å². The fraction of sp³-hybridized carbons (Fsp3) is 0.136. The van der Waals surface area contributed by atoms with Crippen LogP contribution in [0.15, 0.2) is 78.4 Å². The zero-order valence-corrected chi connectivity index (χ0v) is 13.3. The largest absolute Gasteiger partial charge is 0.458 e. The molecule has 1 saturated heterocycles. The van der Waals surface area contributed by atoms with Gasteiger partial charge in [0.25, 0.3) is 0 Å². The lowest BCUT2D eigenvalue weighted by Crippen LogP contribution is -2.09. The van der Waals surface area contributed by atoms with E-state index < -0.39 is 0 Å². The Morgan fingerprint density at radius 3 is 2.54 bits per heavy atom. The van der Waals surface area contributed by atoms with E-state index in [1.165, 1.54) is 10.9 Å². The van der Waals surface area contributed by atoms with Crippen molar-refractivity contribution in [1.82, 2.24) is 0 Å². The fourth-order valence-corrected chi connectivity index (χ4v) is 3.27. The van der Waals surface area contributed by atoms with Gasteiger partial charge in [0, 0.05) is 18.4 Å². The molecule has 0 radical (unpaired) electrons. The first-order valence-electron chi connectivity index (χ1n) is 8.23. The van der Waals surface area contributed by atoms with Crippen LogP contribution in [0.4, 0.5) is 0 Å². The Kier molecular flexibility index (Phi) is 3.87. The highest BCUT2D eigenvalue weighted by atomic mass is 16.5. The number of cyclic esters (lactones) is 1. The molecular formula is C22H18O2. The zero-order valence-electron chi connectivity index (χ0n) is 13.3. The number of carbonyl (C=O) groups excluding carboxylic acids is 1. The molecule has 0 aliphatic carbocycles. The number of hydrogen-bond acceptors (Lipinski definition) is 2. The third kappa shape index (κ3) is 2.95. The Morgan fingerprint density at radius 1 is 0.917 bits per heavy atom. The summed E-state index contributed by atoms with van der Waals surface area (Å²) in [6, 6.07) is 24.5. The Bertz CT molecular complexity index is 904. The topological polar surface area (TPSA) is 26.3 Å². The van der Waals surface area contributed by atoms with Crippen LogP contribution in [0.1, 0.15) is 17.5 Å². The summed E-state index contributed by atoms with van der Waals surface area (Å²) in [5, 5.41) is 2.34. The van der Waals surface area contributed by atoms with Crippen molar-refractivity contribution in [3.63, 3.8) is 0 Å². The van der Waals surface area contributed by atoms with Crippen molar-refractivity contribution in [2.45, 2.75) is 18.9 Å². The van der Waals surface area contributed by atoms with Crippen LogP contribution >= 0.6 is 0 Å². The first-order valence-corrected chi connectivity index (χ1v) is 8.23. The van der Waals surface area contributed by atoms with Crippen LogP contribution in [-0.2, 0) is 16.0 Å². The maximum absolute atomic E-state index is 12.2. The highest BCUT2D eigenvalue weighted by Crippen LogP contribution is 2.28. The van der Waals surface area contributed by atoms with Crippen molar-refractivity contribution < 1.29 is 9.53 Å². The summed E-state index contributed by atoms with van der Waals surface area (Å²) in [5.41, 5.74) is 3.02. The van der Waals surface area contributed by atoms with Gasteiger partial charge >= 0.3 is 5.97 Å². The van der Waals surface area contributed by atoms with Gasteiger partial charge in [0.2, 0.25) is 0 Å². The van der Waals surface area contributed by atoms with Crippen molar-refractivity contribution in [2.24, 2.45) is 0 Å². The summed E-state index contributed by atoms with van der Waals surface area (Å²) < 4.78 is 5.55. The Hall–Kier alpha value is -2.87. The molecule has 2 heteroatoms. The number of esters is 1. The van der Waals surface area contributed by atoms with E-state index in [1.54, 1.807) is 0 Å². The average Bonchev–Trinajstić information content (AvgIpc) is 2.95. The number of benzene rings is 3. The normalized spacial score (nSPS) is 18.9. The molecule has 1 heterocycles. The third-order valence-corrected chi connectivity index (χ3v) is 4.44. The van der Waals surface area contributed by atoms with E-state index in [-0.39, 0.29) is 12.1 Å². The van der Waals surface area contributed by atoms with Crippen LogP contribution in [0.25, 0.3) is 16.8 Å². The van der Waals surface area contributed by atoms with E-state index in [2.05, 4.69) is 30.3 Å². The number of hydrogen-bond donors (Lipinski definition) is 0. The van der Waals surface area contributed by atoms with E-state index in [9.17, 15) is 4.79 Å². The molecule has 0 spiro atoms. The second-order valence-corrected chi connectivity index (χ2v) is 6.16. The number of rotatable bonds is 3. The number of fused-ring (bicyclic) bond motifs is 1. The smallest absolute Gasteiger partial charge is 0.334 e. The first-order chi connectivity index (χ1) is 11.8. The van der Waals surface area contributed by atoms with Gasteiger partial charge in [-0.3, -0.25) is 0 Å². The van der Waals surface area contributed by atoms with E-state index in [1.807, 2.05) is 48.5 Å². The van der Waals surface area contributed by atoms with Crippen molar-refractivity contribution in [2.75, 3.05) is 0 Å². The molecule has 1 atom stereocenters. The molecule has 0 saturated carbocycles. The maximum atomic E-state index is 12.2. The number of carbonyl (C=O) groups is 1. The van der Waals surface area contributed by atoms with Crippen LogP contribution < -0.4 is 0 Å². The molecule has 1 fully saturated rings. The molecule has 1 aliphatic heterocycles. The predicted octanol–water partition coefficient (Wildman–Crippen LogP) is 4.78. The summed E-state index contributed by atoms with van der Waals surface area (Å²) in [6.45, 7) is 0. The van der Waals surface area contributed by atoms with Gasteiger partial charge in [-0.25, -0.2) is 4.79 Å². The lowest BCUT2D eigenvalue weighted by molar-refractivity contribution is -0.138. The van der Waals surface area contributed by atoms with Crippen LogP contribution in [0, 0.1) is 0 Å². The molecule has 0 aromatic heterocycles. The Labute approximate surface area is 141 Å². The molecule has 3 aromatic carbocycles. The molecule has 24 heavy (non-hydrogen) atoms. The van der Waals surface area contributed by atoms with Crippen molar-refractivity contribution >= 4 is 22.8 Å². The molecule has 1 unspecified atom stereocenters. The first kappa shape index (κ1) is 14.7. The minimum Gasteiger partial charge on any atom is -0.458 e. The molecular weight excluding hydrogens is 296 g/mol. The predicted molar refractivity (Wildman–Crippen MR) is 96.6 cm³/mol. The third-order valence-electron chi connectivity index (χ3n) is 4.44. The fourth-order valence-electron chi connectivity index (χ4n) is 3.27. The van der Waals surface area contributed by atoms with Gasteiger partial charge in [0.1, 0.15) is 6.10 Å². The van der Waals surface area contributed by atoms with Gasteiger partial charge in [-0.15, -0.1) is 0 Å². The molecule has 118 valence electrons. The highest BCUT2D eigenvalue weighted by Gasteiger charge is 2.28. The molecule has 4 rings (SSSR count). The SMILES string of the molecule is O=C1OC(Cc2ccccc2)C/C1=C\c1cccc2ccccc12. The summed E-state index contributed by atoms with van der Waals surface area (Å²) in [4.78, 5) is 12.2. The van der Waals surface area contributed by atoms with Gasteiger partial charge in [-0.1, -0.05) is 72.8 Å². The average molecular weight is 314 g/mol. The van der Waals surface area contributed by atoms with Crippen molar-refractivity contribution in [3.05, 3.63) is 89.5 Å². The zero-order chi connectivity index (χ0) is 16.4. The van der Waals surface area contributed by atoms with Gasteiger partial charge in [-0.05, 0) is 28.0 Å². The Morgan fingerprint density at radius 2 is 1.67 bits per heavy atom. The van der Waals surface area contributed by atoms with Crippen LogP contribution in [0.5, 0.6) is 0 Å². The molecule has 0 amide bonds. The van der Waals surface area contributed by atoms with E-state index >= 15 is 0 Å². The molecule has 0 bridgehead atoms. The summed E-state index contributed by atoms with van der Waals surface area (Å²) >= 11 is 0. The quantitative estimate of drug-likeness (QED) is 0.513. The Balaban J connectivity index is 1.60. The minimum absolute atomic E-state index is 0.0684. The highest BCUT2D eigenvalue weighted by molar-refractivity contribution is 5.99. The summed E-state index contributed by atoms with van der Waals surface area (Å²) in [7, 11) is 0. The standard InChI is InChI=1S/C22H18O2/c23-22-19(15-20(24-22)13-16-7-2-1-3-8-16)14-18-11-6-10-17-9-4-5-12-21(17)18/h1-12,14,20H,13,15H2/b19-14+.